The second kappa shape index (κ2) is 8.90. The van der Waals surface area contributed by atoms with E-state index in [1.54, 1.807) is 35.2 Å². The molecule has 8 heteroatoms. The van der Waals surface area contributed by atoms with E-state index < -0.39 is 0 Å². The number of ether oxygens (including phenoxy) is 4. The molecule has 1 amide bonds. The second-order valence-electron chi connectivity index (χ2n) is 6.20. The van der Waals surface area contributed by atoms with Gasteiger partial charge in [-0.2, -0.15) is 0 Å². The fourth-order valence-electron chi connectivity index (χ4n) is 3.24. The Hall–Kier alpha value is -2.15. The number of nitrogens with zero attached hydrogens (tertiary/aromatic N) is 1. The molecule has 0 aliphatic carbocycles. The number of carbonyl (C=O) groups excluding carboxylic acids is 1. The van der Waals surface area contributed by atoms with Gasteiger partial charge in [0, 0.05) is 16.6 Å². The van der Waals surface area contributed by atoms with Gasteiger partial charge in [0.25, 0.3) is 5.91 Å². The van der Waals surface area contributed by atoms with Crippen molar-refractivity contribution < 1.29 is 23.7 Å². The molecule has 2 aromatic carbocycles. The molecule has 1 atom stereocenters. The van der Waals surface area contributed by atoms with Gasteiger partial charge in [0.2, 0.25) is 5.75 Å². The molecule has 6 nitrogen and oxygen atoms in total. The number of halogens is 2. The molecule has 1 aliphatic heterocycles. The number of hydrogen-bond acceptors (Lipinski definition) is 5. The van der Waals surface area contributed by atoms with Gasteiger partial charge < -0.3 is 23.8 Å². The smallest absolute Gasteiger partial charge is 0.257 e. The zero-order valence-electron chi connectivity index (χ0n) is 15.8. The topological polar surface area (TPSA) is 57.2 Å². The first-order valence-corrected chi connectivity index (χ1v) is 9.40. The fraction of sp³-hybridized carbons (Fsp3) is 0.350. The van der Waals surface area contributed by atoms with E-state index in [1.807, 2.05) is 0 Å². The lowest BCUT2D eigenvalue weighted by Gasteiger charge is -2.33. The molecule has 1 unspecified atom stereocenters. The van der Waals surface area contributed by atoms with Crippen molar-refractivity contribution in [1.82, 2.24) is 4.90 Å². The van der Waals surface area contributed by atoms with E-state index in [4.69, 9.17) is 42.1 Å². The largest absolute Gasteiger partial charge is 0.493 e. The van der Waals surface area contributed by atoms with E-state index in [1.165, 1.54) is 21.3 Å². The predicted octanol–water partition coefficient (Wildman–Crippen LogP) is 4.23. The molecule has 0 bridgehead atoms. The van der Waals surface area contributed by atoms with Gasteiger partial charge in [-0.25, -0.2) is 0 Å². The number of carbonyl (C=O) groups is 1. The van der Waals surface area contributed by atoms with Crippen LogP contribution in [-0.2, 0) is 4.74 Å². The number of hydrogen-bond donors (Lipinski definition) is 0. The van der Waals surface area contributed by atoms with Gasteiger partial charge in [-0.1, -0.05) is 23.2 Å². The Morgan fingerprint density at radius 1 is 1.04 bits per heavy atom. The van der Waals surface area contributed by atoms with Gasteiger partial charge in [-0.3, -0.25) is 4.79 Å². The predicted molar refractivity (Wildman–Crippen MR) is 107 cm³/mol. The zero-order chi connectivity index (χ0) is 20.3. The summed E-state index contributed by atoms with van der Waals surface area (Å²) in [5, 5.41) is 1.05. The van der Waals surface area contributed by atoms with E-state index in [0.717, 1.165) is 5.56 Å². The van der Waals surface area contributed by atoms with E-state index in [9.17, 15) is 4.79 Å². The van der Waals surface area contributed by atoms with Crippen LogP contribution in [0.5, 0.6) is 17.2 Å². The summed E-state index contributed by atoms with van der Waals surface area (Å²) < 4.78 is 21.9. The molecule has 1 heterocycles. The third-order valence-electron chi connectivity index (χ3n) is 4.54. The highest BCUT2D eigenvalue weighted by Crippen LogP contribution is 2.40. The third kappa shape index (κ3) is 4.14. The average Bonchev–Trinajstić information content (AvgIpc) is 2.71. The van der Waals surface area contributed by atoms with Crippen molar-refractivity contribution in [3.63, 3.8) is 0 Å². The standard InChI is InChI=1S/C20H21Cl2NO5/c1-25-16-5-4-15(18(26-2)19(16)27-3)20(24)23-6-7-28-17(11-23)12-8-13(21)10-14(22)9-12/h4-5,8-10,17H,6-7,11H2,1-3H3. The Kier molecular flexibility index (Phi) is 6.54. The Bertz CT molecular complexity index is 854. The number of methoxy groups -OCH3 is 3. The fourth-order valence-corrected chi connectivity index (χ4v) is 3.78. The molecule has 150 valence electrons. The van der Waals surface area contributed by atoms with Gasteiger partial charge in [-0.15, -0.1) is 0 Å². The Morgan fingerprint density at radius 3 is 2.32 bits per heavy atom. The number of amides is 1. The van der Waals surface area contributed by atoms with Crippen molar-refractivity contribution in [2.45, 2.75) is 6.10 Å². The molecule has 28 heavy (non-hydrogen) atoms. The van der Waals surface area contributed by atoms with Crippen molar-refractivity contribution in [2.75, 3.05) is 41.0 Å². The van der Waals surface area contributed by atoms with Crippen molar-refractivity contribution in [1.29, 1.82) is 0 Å². The van der Waals surface area contributed by atoms with Crippen LogP contribution < -0.4 is 14.2 Å². The minimum atomic E-state index is -0.319. The molecule has 2 aromatic rings. The Labute approximate surface area is 173 Å². The van der Waals surface area contributed by atoms with Crippen LogP contribution in [0.4, 0.5) is 0 Å². The highest BCUT2D eigenvalue weighted by molar-refractivity contribution is 6.34. The van der Waals surface area contributed by atoms with E-state index in [0.29, 0.717) is 52.6 Å². The summed E-state index contributed by atoms with van der Waals surface area (Å²) in [7, 11) is 4.52. The quantitative estimate of drug-likeness (QED) is 0.716. The Morgan fingerprint density at radius 2 is 1.71 bits per heavy atom. The number of morpholine rings is 1. The molecule has 1 saturated heterocycles. The van der Waals surface area contributed by atoms with Gasteiger partial charge >= 0.3 is 0 Å². The van der Waals surface area contributed by atoms with Crippen molar-refractivity contribution in [2.24, 2.45) is 0 Å². The lowest BCUT2D eigenvalue weighted by Crippen LogP contribution is -2.42. The maximum absolute atomic E-state index is 13.2. The van der Waals surface area contributed by atoms with E-state index >= 15 is 0 Å². The first kappa shape index (κ1) is 20.6. The maximum atomic E-state index is 13.2. The first-order chi connectivity index (χ1) is 13.5. The van der Waals surface area contributed by atoms with Crippen LogP contribution in [0.2, 0.25) is 10.0 Å². The van der Waals surface area contributed by atoms with Gasteiger partial charge in [0.15, 0.2) is 11.5 Å². The molecular formula is C20H21Cl2NO5. The summed E-state index contributed by atoms with van der Waals surface area (Å²) in [5.74, 6) is 1.02. The molecule has 3 rings (SSSR count). The van der Waals surface area contributed by atoms with Crippen LogP contribution in [-0.4, -0.2) is 51.8 Å². The van der Waals surface area contributed by atoms with E-state index in [2.05, 4.69) is 0 Å². The van der Waals surface area contributed by atoms with Crippen LogP contribution in [0.15, 0.2) is 30.3 Å². The minimum absolute atomic E-state index is 0.181. The molecule has 1 fully saturated rings. The van der Waals surface area contributed by atoms with Crippen LogP contribution in [0.25, 0.3) is 0 Å². The third-order valence-corrected chi connectivity index (χ3v) is 4.98. The average molecular weight is 426 g/mol. The molecule has 0 N–H and O–H groups in total. The highest BCUT2D eigenvalue weighted by Gasteiger charge is 2.30. The Balaban J connectivity index is 1.88. The lowest BCUT2D eigenvalue weighted by molar-refractivity contribution is -0.0229. The van der Waals surface area contributed by atoms with Crippen molar-refractivity contribution in [3.8, 4) is 17.2 Å². The summed E-state index contributed by atoms with van der Waals surface area (Å²) in [6.45, 7) is 1.23. The molecule has 0 spiro atoms. The SMILES string of the molecule is COc1ccc(C(=O)N2CCOC(c3cc(Cl)cc(Cl)c3)C2)c(OC)c1OC. The summed E-state index contributed by atoms with van der Waals surface area (Å²) in [5.41, 5.74) is 1.22. The van der Waals surface area contributed by atoms with Crippen LogP contribution in [0, 0.1) is 0 Å². The van der Waals surface area contributed by atoms with Crippen LogP contribution in [0.1, 0.15) is 22.0 Å². The van der Waals surface area contributed by atoms with Gasteiger partial charge in [0.05, 0.1) is 40.0 Å². The number of benzene rings is 2. The summed E-state index contributed by atoms with van der Waals surface area (Å²) in [6, 6.07) is 8.60. The monoisotopic (exact) mass is 425 g/mol. The van der Waals surface area contributed by atoms with Gasteiger partial charge in [-0.05, 0) is 35.9 Å². The highest BCUT2D eigenvalue weighted by atomic mass is 35.5. The lowest BCUT2D eigenvalue weighted by atomic mass is 10.1. The van der Waals surface area contributed by atoms with Gasteiger partial charge in [0.1, 0.15) is 6.10 Å². The normalized spacial score (nSPS) is 16.6. The minimum Gasteiger partial charge on any atom is -0.493 e. The second-order valence-corrected chi connectivity index (χ2v) is 7.07. The van der Waals surface area contributed by atoms with Crippen molar-refractivity contribution in [3.05, 3.63) is 51.5 Å². The summed E-state index contributed by atoms with van der Waals surface area (Å²) >= 11 is 12.2. The molecular weight excluding hydrogens is 405 g/mol. The van der Waals surface area contributed by atoms with E-state index in [-0.39, 0.29) is 12.0 Å². The summed E-state index contributed by atoms with van der Waals surface area (Å²) in [4.78, 5) is 14.9. The van der Waals surface area contributed by atoms with Crippen LogP contribution in [0.3, 0.4) is 0 Å². The molecule has 0 radical (unpaired) electrons. The molecule has 0 aromatic heterocycles. The summed E-state index contributed by atoms with van der Waals surface area (Å²) in [6.07, 6.45) is -0.319. The molecule has 1 aliphatic rings. The van der Waals surface area contributed by atoms with Crippen LogP contribution >= 0.6 is 23.2 Å². The molecule has 0 saturated carbocycles. The number of rotatable bonds is 5. The first-order valence-electron chi connectivity index (χ1n) is 8.64. The zero-order valence-corrected chi connectivity index (χ0v) is 17.3. The maximum Gasteiger partial charge on any atom is 0.257 e. The van der Waals surface area contributed by atoms with Crippen molar-refractivity contribution >= 4 is 29.1 Å².